The lowest BCUT2D eigenvalue weighted by Crippen LogP contribution is -2.52. The van der Waals surface area contributed by atoms with Gasteiger partial charge < -0.3 is 10.2 Å². The van der Waals surface area contributed by atoms with E-state index in [4.69, 9.17) is 0 Å². The number of nitrogens with zero attached hydrogens (tertiary/aromatic N) is 2. The summed E-state index contributed by atoms with van der Waals surface area (Å²) in [5, 5.41) is 2.96. The van der Waals surface area contributed by atoms with Gasteiger partial charge in [-0.2, -0.15) is 0 Å². The van der Waals surface area contributed by atoms with Crippen LogP contribution < -0.4 is 9.62 Å². The number of benzene rings is 3. The molecular formula is C31H39N3O4S. The van der Waals surface area contributed by atoms with Crippen LogP contribution in [0.4, 0.5) is 5.69 Å². The van der Waals surface area contributed by atoms with Gasteiger partial charge in [0.1, 0.15) is 12.6 Å². The lowest BCUT2D eigenvalue weighted by atomic mass is 10.1. The van der Waals surface area contributed by atoms with Crippen LogP contribution in [0.2, 0.25) is 0 Å². The maximum absolute atomic E-state index is 14.0. The molecule has 7 nitrogen and oxygen atoms in total. The molecule has 1 N–H and O–H groups in total. The van der Waals surface area contributed by atoms with E-state index in [0.29, 0.717) is 11.3 Å². The smallest absolute Gasteiger partial charge is 0.264 e. The largest absolute Gasteiger partial charge is 0.352 e. The Kier molecular flexibility index (Phi) is 9.92. The first-order valence-corrected chi connectivity index (χ1v) is 14.7. The SMILES string of the molecule is CC[C@@H](C)NC(=O)[C@H](C)N(Cc1ccccc1C)C(=O)CN(c1ccccc1C)S(=O)(=O)c1ccc(C)cc1. The van der Waals surface area contributed by atoms with Gasteiger partial charge in [-0.15, -0.1) is 0 Å². The average molecular weight is 550 g/mol. The Morgan fingerprint density at radius 2 is 1.44 bits per heavy atom. The van der Waals surface area contributed by atoms with E-state index >= 15 is 0 Å². The van der Waals surface area contributed by atoms with Crippen LogP contribution in [0.5, 0.6) is 0 Å². The molecular weight excluding hydrogens is 510 g/mol. The minimum Gasteiger partial charge on any atom is -0.352 e. The lowest BCUT2D eigenvalue weighted by Gasteiger charge is -2.33. The zero-order valence-electron chi connectivity index (χ0n) is 23.6. The number of rotatable bonds is 11. The topological polar surface area (TPSA) is 86.8 Å². The van der Waals surface area contributed by atoms with Crippen molar-refractivity contribution in [2.45, 2.75) is 71.5 Å². The second-order valence-electron chi connectivity index (χ2n) is 10.1. The van der Waals surface area contributed by atoms with Gasteiger partial charge in [0.2, 0.25) is 11.8 Å². The van der Waals surface area contributed by atoms with Gasteiger partial charge in [0.15, 0.2) is 0 Å². The van der Waals surface area contributed by atoms with Gasteiger partial charge in [0, 0.05) is 12.6 Å². The molecule has 0 fully saturated rings. The second-order valence-corrected chi connectivity index (χ2v) is 11.9. The molecule has 39 heavy (non-hydrogen) atoms. The normalized spacial score (nSPS) is 12.9. The van der Waals surface area contributed by atoms with Crippen LogP contribution in [0, 0.1) is 20.8 Å². The Labute approximate surface area is 232 Å². The van der Waals surface area contributed by atoms with Crippen molar-refractivity contribution in [1.82, 2.24) is 10.2 Å². The standard InChI is InChI=1S/C31H39N3O4S/c1-7-25(5)32-31(36)26(6)33(20-27-14-10-8-12-23(27)3)30(35)21-34(29-15-11-9-13-24(29)4)39(37,38)28-18-16-22(2)17-19-28/h8-19,25-26H,7,20-21H2,1-6H3,(H,32,36)/t25-,26+/m1/s1. The van der Waals surface area contributed by atoms with Crippen LogP contribution >= 0.6 is 0 Å². The zero-order valence-corrected chi connectivity index (χ0v) is 24.5. The summed E-state index contributed by atoms with van der Waals surface area (Å²) >= 11 is 0. The van der Waals surface area contributed by atoms with Crippen molar-refractivity contribution in [2.24, 2.45) is 0 Å². The molecule has 0 heterocycles. The van der Waals surface area contributed by atoms with Crippen LogP contribution in [-0.2, 0) is 26.2 Å². The number of sulfonamides is 1. The van der Waals surface area contributed by atoms with Crippen LogP contribution in [-0.4, -0.2) is 43.8 Å². The molecule has 3 aromatic carbocycles. The summed E-state index contributed by atoms with van der Waals surface area (Å²) in [4.78, 5) is 28.7. The predicted octanol–water partition coefficient (Wildman–Crippen LogP) is 5.14. The lowest BCUT2D eigenvalue weighted by molar-refractivity contribution is -0.139. The Morgan fingerprint density at radius 3 is 2.03 bits per heavy atom. The fourth-order valence-electron chi connectivity index (χ4n) is 4.21. The summed E-state index contributed by atoms with van der Waals surface area (Å²) in [5.41, 5.74) is 3.93. The molecule has 2 atom stereocenters. The van der Waals surface area contributed by atoms with E-state index in [1.54, 1.807) is 43.3 Å². The molecule has 0 radical (unpaired) electrons. The molecule has 0 spiro atoms. The minimum absolute atomic E-state index is 0.0549. The fourth-order valence-corrected chi connectivity index (χ4v) is 5.69. The maximum atomic E-state index is 14.0. The predicted molar refractivity (Wildman–Crippen MR) is 156 cm³/mol. The van der Waals surface area contributed by atoms with Gasteiger partial charge >= 0.3 is 0 Å². The molecule has 0 aliphatic heterocycles. The van der Waals surface area contributed by atoms with Crippen LogP contribution in [0.1, 0.15) is 49.4 Å². The average Bonchev–Trinajstić information content (AvgIpc) is 2.91. The van der Waals surface area contributed by atoms with Crippen LogP contribution in [0.3, 0.4) is 0 Å². The number of carbonyl (C=O) groups is 2. The highest BCUT2D eigenvalue weighted by atomic mass is 32.2. The third kappa shape index (κ3) is 7.26. The summed E-state index contributed by atoms with van der Waals surface area (Å²) in [6, 6.07) is 20.4. The van der Waals surface area contributed by atoms with Gasteiger partial charge in [0.25, 0.3) is 10.0 Å². The van der Waals surface area contributed by atoms with E-state index in [9.17, 15) is 18.0 Å². The van der Waals surface area contributed by atoms with E-state index in [1.165, 1.54) is 4.90 Å². The van der Waals surface area contributed by atoms with Gasteiger partial charge in [-0.3, -0.25) is 13.9 Å². The molecule has 0 aromatic heterocycles. The van der Waals surface area contributed by atoms with E-state index in [2.05, 4.69) is 5.32 Å². The van der Waals surface area contributed by atoms with Crippen molar-refractivity contribution in [2.75, 3.05) is 10.8 Å². The van der Waals surface area contributed by atoms with E-state index < -0.39 is 28.5 Å². The van der Waals surface area contributed by atoms with Gasteiger partial charge in [-0.25, -0.2) is 8.42 Å². The maximum Gasteiger partial charge on any atom is 0.264 e. The van der Waals surface area contributed by atoms with E-state index in [0.717, 1.165) is 27.4 Å². The monoisotopic (exact) mass is 549 g/mol. The highest BCUT2D eigenvalue weighted by molar-refractivity contribution is 7.92. The number of nitrogens with one attached hydrogen (secondary N) is 1. The summed E-state index contributed by atoms with van der Waals surface area (Å²) in [5.74, 6) is -0.751. The Bertz CT molecular complexity index is 1400. The van der Waals surface area contributed by atoms with Crippen molar-refractivity contribution in [1.29, 1.82) is 0 Å². The summed E-state index contributed by atoms with van der Waals surface area (Å²) in [6.45, 7) is 10.9. The summed E-state index contributed by atoms with van der Waals surface area (Å²) in [7, 11) is -4.09. The third-order valence-corrected chi connectivity index (χ3v) is 8.82. The van der Waals surface area contributed by atoms with Gasteiger partial charge in [-0.05, 0) is 75.9 Å². The number of hydrogen-bond donors (Lipinski definition) is 1. The third-order valence-electron chi connectivity index (χ3n) is 7.04. The molecule has 0 unspecified atom stereocenters. The first-order valence-electron chi connectivity index (χ1n) is 13.2. The molecule has 0 aliphatic rings. The molecule has 208 valence electrons. The molecule has 3 rings (SSSR count). The van der Waals surface area contributed by atoms with Crippen molar-refractivity contribution >= 4 is 27.5 Å². The van der Waals surface area contributed by atoms with Gasteiger partial charge in [0.05, 0.1) is 10.6 Å². The number of aryl methyl sites for hydroxylation is 3. The van der Waals surface area contributed by atoms with Crippen molar-refractivity contribution in [3.63, 3.8) is 0 Å². The number of carbonyl (C=O) groups excluding carboxylic acids is 2. The molecule has 3 aromatic rings. The molecule has 8 heteroatoms. The van der Waals surface area contributed by atoms with Crippen molar-refractivity contribution in [3.05, 3.63) is 95.1 Å². The Hall–Kier alpha value is -3.65. The van der Waals surface area contributed by atoms with Gasteiger partial charge in [-0.1, -0.05) is 67.1 Å². The number of amides is 2. The number of para-hydroxylation sites is 1. The molecule has 0 saturated heterocycles. The summed E-state index contributed by atoms with van der Waals surface area (Å²) < 4.78 is 29.0. The highest BCUT2D eigenvalue weighted by Crippen LogP contribution is 2.27. The number of anilines is 1. The summed E-state index contributed by atoms with van der Waals surface area (Å²) in [6.07, 6.45) is 0.750. The van der Waals surface area contributed by atoms with Crippen molar-refractivity contribution < 1.29 is 18.0 Å². The Morgan fingerprint density at radius 1 is 0.846 bits per heavy atom. The second kappa shape index (κ2) is 12.9. The fraction of sp³-hybridized carbons (Fsp3) is 0.355. The minimum atomic E-state index is -4.09. The van der Waals surface area contributed by atoms with E-state index in [1.807, 2.05) is 71.0 Å². The van der Waals surface area contributed by atoms with E-state index in [-0.39, 0.29) is 23.4 Å². The Balaban J connectivity index is 2.05. The molecule has 0 saturated carbocycles. The quantitative estimate of drug-likeness (QED) is 0.359. The van der Waals surface area contributed by atoms with Crippen LogP contribution in [0.25, 0.3) is 0 Å². The molecule has 2 amide bonds. The molecule has 0 aliphatic carbocycles. The number of hydrogen-bond acceptors (Lipinski definition) is 4. The molecule has 0 bridgehead atoms. The first kappa shape index (κ1) is 29.9. The first-order chi connectivity index (χ1) is 18.4. The van der Waals surface area contributed by atoms with Crippen LogP contribution in [0.15, 0.2) is 77.7 Å². The highest BCUT2D eigenvalue weighted by Gasteiger charge is 2.33. The zero-order chi connectivity index (χ0) is 28.7. The van der Waals surface area contributed by atoms with Crippen molar-refractivity contribution in [3.8, 4) is 0 Å².